The summed E-state index contributed by atoms with van der Waals surface area (Å²) >= 11 is 0. The third-order valence-electron chi connectivity index (χ3n) is 4.72. The van der Waals surface area contributed by atoms with E-state index in [4.69, 9.17) is 5.73 Å². The topological polar surface area (TPSA) is 41.6 Å². The van der Waals surface area contributed by atoms with E-state index < -0.39 is 0 Å². The van der Waals surface area contributed by atoms with Gasteiger partial charge in [-0.3, -0.25) is 4.99 Å². The number of guanidine groups is 1. The van der Waals surface area contributed by atoms with Crippen LogP contribution < -0.4 is 5.73 Å². The van der Waals surface area contributed by atoms with Gasteiger partial charge < -0.3 is 10.6 Å². The molecule has 0 saturated heterocycles. The smallest absolute Gasteiger partial charge is 0.191 e. The number of benzene rings is 1. The first-order chi connectivity index (χ1) is 9.83. The first kappa shape index (κ1) is 13.5. The number of hydrogen-bond acceptors (Lipinski definition) is 3. The summed E-state index contributed by atoms with van der Waals surface area (Å²) in [7, 11) is 0. The molecule has 0 aromatic heterocycles. The second-order valence-electron chi connectivity index (χ2n) is 6.21. The number of nitrogens with zero attached hydrogens (tertiary/aromatic N) is 2. The Balaban J connectivity index is 1.62. The molecule has 3 heteroatoms. The van der Waals surface area contributed by atoms with Gasteiger partial charge in [0.2, 0.25) is 0 Å². The van der Waals surface area contributed by atoms with Crippen molar-refractivity contribution >= 4 is 5.96 Å². The summed E-state index contributed by atoms with van der Waals surface area (Å²) in [6.07, 6.45) is 8.30. The van der Waals surface area contributed by atoms with Gasteiger partial charge >= 0.3 is 0 Å². The van der Waals surface area contributed by atoms with E-state index in [1.807, 2.05) is 0 Å². The molecule has 108 valence electrons. The van der Waals surface area contributed by atoms with Crippen molar-refractivity contribution in [3.05, 3.63) is 35.9 Å². The molecule has 1 saturated carbocycles. The Morgan fingerprint density at radius 2 is 1.85 bits per heavy atom. The van der Waals surface area contributed by atoms with Crippen LogP contribution in [0.5, 0.6) is 0 Å². The van der Waals surface area contributed by atoms with Crippen LogP contribution in [0, 0.1) is 5.92 Å². The molecule has 3 nitrogen and oxygen atoms in total. The summed E-state index contributed by atoms with van der Waals surface area (Å²) < 4.78 is 0. The summed E-state index contributed by atoms with van der Waals surface area (Å²) in [5.41, 5.74) is 7.42. The predicted molar refractivity (Wildman–Crippen MR) is 83.5 cm³/mol. The Morgan fingerprint density at radius 3 is 2.60 bits per heavy atom. The zero-order chi connectivity index (χ0) is 13.8. The highest BCUT2D eigenvalue weighted by Gasteiger charge is 2.29. The minimum Gasteiger partial charge on any atom is -0.370 e. The van der Waals surface area contributed by atoms with E-state index in [-0.39, 0.29) is 0 Å². The monoisotopic (exact) mass is 271 g/mol. The average molecular weight is 271 g/mol. The summed E-state index contributed by atoms with van der Waals surface area (Å²) in [6, 6.07) is 11.1. The Kier molecular flexibility index (Phi) is 4.24. The van der Waals surface area contributed by atoms with Crippen LogP contribution in [0.1, 0.15) is 44.1 Å². The van der Waals surface area contributed by atoms with E-state index >= 15 is 0 Å². The molecule has 1 aliphatic heterocycles. The first-order valence-corrected chi connectivity index (χ1v) is 7.93. The highest BCUT2D eigenvalue weighted by Crippen LogP contribution is 2.30. The zero-order valence-electron chi connectivity index (χ0n) is 12.2. The lowest BCUT2D eigenvalue weighted by Crippen LogP contribution is -2.41. The molecule has 1 unspecified atom stereocenters. The number of rotatable bonds is 4. The molecular formula is C17H25N3. The molecule has 2 N–H and O–H groups in total. The van der Waals surface area contributed by atoms with Crippen LogP contribution in [0.25, 0.3) is 0 Å². The van der Waals surface area contributed by atoms with Crippen molar-refractivity contribution in [2.24, 2.45) is 16.6 Å². The molecule has 1 aromatic carbocycles. The van der Waals surface area contributed by atoms with Gasteiger partial charge in [-0.1, -0.05) is 62.4 Å². The molecule has 1 atom stereocenters. The summed E-state index contributed by atoms with van der Waals surface area (Å²) in [6.45, 7) is 1.78. The van der Waals surface area contributed by atoms with Crippen molar-refractivity contribution < 1.29 is 0 Å². The third-order valence-corrected chi connectivity index (χ3v) is 4.72. The van der Waals surface area contributed by atoms with Gasteiger partial charge in [0.05, 0.1) is 12.6 Å². The van der Waals surface area contributed by atoms with Gasteiger partial charge in [-0.2, -0.15) is 0 Å². The molecule has 0 spiro atoms. The van der Waals surface area contributed by atoms with Gasteiger partial charge in [-0.25, -0.2) is 0 Å². The molecule has 3 rings (SSSR count). The van der Waals surface area contributed by atoms with Crippen molar-refractivity contribution in [1.29, 1.82) is 0 Å². The van der Waals surface area contributed by atoms with Crippen molar-refractivity contribution in [2.75, 3.05) is 6.54 Å². The quantitative estimate of drug-likeness (QED) is 0.914. The maximum Gasteiger partial charge on any atom is 0.191 e. The van der Waals surface area contributed by atoms with Crippen LogP contribution in [-0.2, 0) is 6.54 Å². The molecule has 0 bridgehead atoms. The normalized spacial score (nSPS) is 23.9. The van der Waals surface area contributed by atoms with Crippen molar-refractivity contribution in [2.45, 2.75) is 51.1 Å². The predicted octanol–water partition coefficient (Wildman–Crippen LogP) is 3.16. The number of aliphatic imine (C=N–C) groups is 1. The van der Waals surface area contributed by atoms with Gasteiger partial charge in [0.25, 0.3) is 0 Å². The first-order valence-electron chi connectivity index (χ1n) is 7.93. The maximum atomic E-state index is 6.10. The van der Waals surface area contributed by atoms with Gasteiger partial charge in [0.1, 0.15) is 0 Å². The van der Waals surface area contributed by atoms with Crippen molar-refractivity contribution in [3.8, 4) is 0 Å². The molecule has 1 fully saturated rings. The van der Waals surface area contributed by atoms with Gasteiger partial charge in [-0.05, 0) is 17.9 Å². The van der Waals surface area contributed by atoms with Gasteiger partial charge in [-0.15, -0.1) is 0 Å². The molecular weight excluding hydrogens is 246 g/mol. The second kappa shape index (κ2) is 6.29. The fourth-order valence-electron chi connectivity index (χ4n) is 3.57. The van der Waals surface area contributed by atoms with Crippen LogP contribution in [0.3, 0.4) is 0 Å². The van der Waals surface area contributed by atoms with E-state index in [2.05, 4.69) is 40.2 Å². The van der Waals surface area contributed by atoms with E-state index in [1.54, 1.807) is 0 Å². The van der Waals surface area contributed by atoms with Gasteiger partial charge in [0, 0.05) is 6.54 Å². The highest BCUT2D eigenvalue weighted by molar-refractivity contribution is 5.80. The minimum absolute atomic E-state index is 0.512. The van der Waals surface area contributed by atoms with Crippen LogP contribution in [0.4, 0.5) is 0 Å². The average Bonchev–Trinajstić information content (AvgIpc) is 2.83. The number of nitrogens with two attached hydrogens (primary N) is 1. The molecule has 0 radical (unpaired) electrons. The lowest BCUT2D eigenvalue weighted by atomic mass is 9.84. The molecule has 2 aliphatic rings. The van der Waals surface area contributed by atoms with Crippen LogP contribution in [0.2, 0.25) is 0 Å². The maximum absolute atomic E-state index is 6.10. The zero-order valence-corrected chi connectivity index (χ0v) is 12.2. The molecule has 1 heterocycles. The second-order valence-corrected chi connectivity index (χ2v) is 6.21. The van der Waals surface area contributed by atoms with E-state index in [0.717, 1.165) is 25.0 Å². The Hall–Kier alpha value is -1.51. The lowest BCUT2D eigenvalue weighted by molar-refractivity contribution is 0.241. The Morgan fingerprint density at radius 1 is 1.10 bits per heavy atom. The fraction of sp³-hybridized carbons (Fsp3) is 0.588. The minimum atomic E-state index is 0.512. The number of hydrogen-bond donors (Lipinski definition) is 1. The SMILES string of the molecule is NC1=NCC(CC2CCCCC2)N1Cc1ccccc1. The van der Waals surface area contributed by atoms with E-state index in [9.17, 15) is 0 Å². The Bertz CT molecular complexity index is 449. The Labute approximate surface area is 121 Å². The lowest BCUT2D eigenvalue weighted by Gasteiger charge is -2.31. The van der Waals surface area contributed by atoms with Crippen molar-refractivity contribution in [1.82, 2.24) is 4.90 Å². The van der Waals surface area contributed by atoms with Crippen LogP contribution in [-0.4, -0.2) is 23.4 Å². The highest BCUT2D eigenvalue weighted by atomic mass is 15.3. The molecule has 1 aromatic rings. The molecule has 20 heavy (non-hydrogen) atoms. The van der Waals surface area contributed by atoms with Crippen LogP contribution >= 0.6 is 0 Å². The van der Waals surface area contributed by atoms with E-state index in [0.29, 0.717) is 6.04 Å². The van der Waals surface area contributed by atoms with Gasteiger partial charge in [0.15, 0.2) is 5.96 Å². The standard InChI is InChI=1S/C17H25N3/c18-17-19-12-16(11-14-7-3-1-4-8-14)20(17)13-15-9-5-2-6-10-15/h2,5-6,9-10,14,16H,1,3-4,7-8,11-13H2,(H2,18,19). The third kappa shape index (κ3) is 3.14. The summed E-state index contributed by atoms with van der Waals surface area (Å²) in [5, 5.41) is 0. The van der Waals surface area contributed by atoms with Crippen molar-refractivity contribution in [3.63, 3.8) is 0 Å². The molecule has 0 amide bonds. The summed E-state index contributed by atoms with van der Waals surface area (Å²) in [4.78, 5) is 6.79. The molecule has 1 aliphatic carbocycles. The fourth-order valence-corrected chi connectivity index (χ4v) is 3.57. The van der Waals surface area contributed by atoms with E-state index in [1.165, 1.54) is 44.1 Å². The van der Waals surface area contributed by atoms with Crippen LogP contribution in [0.15, 0.2) is 35.3 Å². The summed E-state index contributed by atoms with van der Waals surface area (Å²) in [5.74, 6) is 1.61. The largest absolute Gasteiger partial charge is 0.370 e.